The Balaban J connectivity index is 2.08. The summed E-state index contributed by atoms with van der Waals surface area (Å²) < 4.78 is 10.9. The first kappa shape index (κ1) is 12.5. The van der Waals surface area contributed by atoms with Crippen LogP contribution in [0.1, 0.15) is 30.2 Å². The van der Waals surface area contributed by atoms with Crippen molar-refractivity contribution in [3.63, 3.8) is 0 Å². The number of ether oxygens (including phenoxy) is 1. The molecule has 1 aliphatic rings. The first-order chi connectivity index (χ1) is 8.10. The van der Waals surface area contributed by atoms with Gasteiger partial charge < -0.3 is 14.1 Å². The molecular formula is C12H16ClNO3. The van der Waals surface area contributed by atoms with Crippen molar-refractivity contribution in [2.45, 2.75) is 31.9 Å². The molecule has 4 nitrogen and oxygen atoms in total. The van der Waals surface area contributed by atoms with Crippen LogP contribution >= 0.6 is 11.6 Å². The maximum absolute atomic E-state index is 12.2. The number of rotatable bonds is 2. The van der Waals surface area contributed by atoms with Crippen LogP contribution in [-0.2, 0) is 10.6 Å². The van der Waals surface area contributed by atoms with Gasteiger partial charge in [0.2, 0.25) is 0 Å². The third kappa shape index (κ3) is 2.82. The third-order valence-electron chi connectivity index (χ3n) is 2.71. The van der Waals surface area contributed by atoms with Crippen molar-refractivity contribution in [2.75, 3.05) is 13.1 Å². The molecule has 2 heterocycles. The summed E-state index contributed by atoms with van der Waals surface area (Å²) in [6.45, 7) is 5.12. The van der Waals surface area contributed by atoms with Gasteiger partial charge in [0.25, 0.3) is 5.91 Å². The fraction of sp³-hybridized carbons (Fsp3) is 0.583. The molecular weight excluding hydrogens is 242 g/mol. The summed E-state index contributed by atoms with van der Waals surface area (Å²) in [5, 5.41) is 0. The molecule has 94 valence electrons. The maximum Gasteiger partial charge on any atom is 0.289 e. The minimum atomic E-state index is -0.0941. The second-order valence-electron chi connectivity index (χ2n) is 4.37. The van der Waals surface area contributed by atoms with E-state index < -0.39 is 0 Å². The number of hydrogen-bond acceptors (Lipinski definition) is 3. The van der Waals surface area contributed by atoms with Crippen molar-refractivity contribution < 1.29 is 13.9 Å². The van der Waals surface area contributed by atoms with Crippen LogP contribution in [0.3, 0.4) is 0 Å². The standard InChI is InChI=1S/C12H16ClNO3/c1-8-6-14(7-9(2)16-8)12(15)11-4-3-10(5-13)17-11/h3-4,8-9H,5-7H2,1-2H3. The van der Waals surface area contributed by atoms with Crippen LogP contribution in [-0.4, -0.2) is 36.1 Å². The topological polar surface area (TPSA) is 42.7 Å². The molecule has 0 bridgehead atoms. The van der Waals surface area contributed by atoms with Gasteiger partial charge in [-0.05, 0) is 26.0 Å². The van der Waals surface area contributed by atoms with Gasteiger partial charge in [-0.25, -0.2) is 0 Å². The van der Waals surface area contributed by atoms with Crippen molar-refractivity contribution >= 4 is 17.5 Å². The van der Waals surface area contributed by atoms with Crippen molar-refractivity contribution in [2.24, 2.45) is 0 Å². The zero-order valence-electron chi connectivity index (χ0n) is 9.98. The van der Waals surface area contributed by atoms with Crippen LogP contribution in [0.5, 0.6) is 0 Å². The van der Waals surface area contributed by atoms with Crippen LogP contribution in [0.4, 0.5) is 0 Å². The van der Waals surface area contributed by atoms with Crippen LogP contribution in [0, 0.1) is 0 Å². The molecule has 0 aromatic carbocycles. The number of carbonyl (C=O) groups excluding carboxylic acids is 1. The van der Waals surface area contributed by atoms with E-state index in [1.54, 1.807) is 17.0 Å². The van der Waals surface area contributed by atoms with Crippen molar-refractivity contribution in [3.8, 4) is 0 Å². The highest BCUT2D eigenvalue weighted by Crippen LogP contribution is 2.16. The highest BCUT2D eigenvalue weighted by molar-refractivity contribution is 6.16. The fourth-order valence-corrected chi connectivity index (χ4v) is 2.21. The lowest BCUT2D eigenvalue weighted by Gasteiger charge is -2.34. The maximum atomic E-state index is 12.2. The monoisotopic (exact) mass is 257 g/mol. The molecule has 0 saturated carbocycles. The fourth-order valence-electron chi connectivity index (χ4n) is 2.06. The Bertz CT molecular complexity index is 394. The van der Waals surface area contributed by atoms with Gasteiger partial charge in [0, 0.05) is 13.1 Å². The van der Waals surface area contributed by atoms with Gasteiger partial charge in [-0.2, -0.15) is 0 Å². The second-order valence-corrected chi connectivity index (χ2v) is 4.63. The van der Waals surface area contributed by atoms with Crippen LogP contribution in [0.15, 0.2) is 16.5 Å². The number of alkyl halides is 1. The highest BCUT2D eigenvalue weighted by atomic mass is 35.5. The Morgan fingerprint density at radius 1 is 1.41 bits per heavy atom. The quantitative estimate of drug-likeness (QED) is 0.764. The van der Waals surface area contributed by atoms with Crippen LogP contribution in [0.2, 0.25) is 0 Å². The predicted molar refractivity (Wildman–Crippen MR) is 64.2 cm³/mol. The summed E-state index contributed by atoms with van der Waals surface area (Å²) >= 11 is 5.64. The van der Waals surface area contributed by atoms with E-state index in [1.807, 2.05) is 13.8 Å². The Morgan fingerprint density at radius 3 is 2.59 bits per heavy atom. The SMILES string of the molecule is CC1CN(C(=O)c2ccc(CCl)o2)CC(C)O1. The molecule has 2 rings (SSSR count). The number of furan rings is 1. The van der Waals surface area contributed by atoms with Crippen molar-refractivity contribution in [1.82, 2.24) is 4.90 Å². The zero-order valence-corrected chi connectivity index (χ0v) is 10.7. The van der Waals surface area contributed by atoms with Gasteiger partial charge in [-0.15, -0.1) is 11.6 Å². The van der Waals surface area contributed by atoms with E-state index in [0.29, 0.717) is 24.6 Å². The van der Waals surface area contributed by atoms with E-state index >= 15 is 0 Å². The number of halogens is 1. The van der Waals surface area contributed by atoms with E-state index in [9.17, 15) is 4.79 Å². The number of hydrogen-bond donors (Lipinski definition) is 0. The predicted octanol–water partition coefficient (Wildman–Crippen LogP) is 2.27. The van der Waals surface area contributed by atoms with Gasteiger partial charge in [0.05, 0.1) is 18.1 Å². The smallest absolute Gasteiger partial charge is 0.289 e. The molecule has 17 heavy (non-hydrogen) atoms. The molecule has 0 spiro atoms. The summed E-state index contributed by atoms with van der Waals surface area (Å²) in [5.41, 5.74) is 0. The number of morpholine rings is 1. The number of carbonyl (C=O) groups is 1. The van der Waals surface area contributed by atoms with Crippen LogP contribution < -0.4 is 0 Å². The molecule has 1 aliphatic heterocycles. The molecule has 2 unspecified atom stereocenters. The lowest BCUT2D eigenvalue weighted by Crippen LogP contribution is -2.48. The van der Waals surface area contributed by atoms with Gasteiger partial charge in [0.15, 0.2) is 5.76 Å². The Labute approximate surface area is 105 Å². The first-order valence-electron chi connectivity index (χ1n) is 5.69. The molecule has 1 fully saturated rings. The summed E-state index contributed by atoms with van der Waals surface area (Å²) in [4.78, 5) is 13.9. The molecule has 1 aromatic heterocycles. The van der Waals surface area contributed by atoms with E-state index in [0.717, 1.165) is 0 Å². The molecule has 5 heteroatoms. The van der Waals surface area contributed by atoms with Crippen molar-refractivity contribution in [3.05, 3.63) is 23.7 Å². The minimum absolute atomic E-state index is 0.0603. The Morgan fingerprint density at radius 2 is 2.06 bits per heavy atom. The number of nitrogens with zero attached hydrogens (tertiary/aromatic N) is 1. The second kappa shape index (κ2) is 5.10. The summed E-state index contributed by atoms with van der Waals surface area (Å²) in [6, 6.07) is 3.40. The zero-order chi connectivity index (χ0) is 12.4. The van der Waals surface area contributed by atoms with Gasteiger partial charge in [0.1, 0.15) is 5.76 Å². The minimum Gasteiger partial charge on any atom is -0.455 e. The normalized spacial score (nSPS) is 25.0. The number of amides is 1. The Kier molecular flexibility index (Phi) is 3.74. The molecule has 1 saturated heterocycles. The molecule has 0 radical (unpaired) electrons. The highest BCUT2D eigenvalue weighted by Gasteiger charge is 2.28. The van der Waals surface area contributed by atoms with Crippen LogP contribution in [0.25, 0.3) is 0 Å². The summed E-state index contributed by atoms with van der Waals surface area (Å²) in [6.07, 6.45) is 0.121. The van der Waals surface area contributed by atoms with E-state index in [-0.39, 0.29) is 24.0 Å². The van der Waals surface area contributed by atoms with E-state index in [4.69, 9.17) is 20.8 Å². The molecule has 1 amide bonds. The third-order valence-corrected chi connectivity index (χ3v) is 2.97. The van der Waals surface area contributed by atoms with E-state index in [2.05, 4.69) is 0 Å². The lowest BCUT2D eigenvalue weighted by molar-refractivity contribution is -0.0592. The summed E-state index contributed by atoms with van der Waals surface area (Å²) in [7, 11) is 0. The average Bonchev–Trinajstić information content (AvgIpc) is 2.75. The molecule has 1 aromatic rings. The van der Waals surface area contributed by atoms with Crippen molar-refractivity contribution in [1.29, 1.82) is 0 Å². The van der Waals surface area contributed by atoms with Gasteiger partial charge in [-0.3, -0.25) is 4.79 Å². The molecule has 0 aliphatic carbocycles. The largest absolute Gasteiger partial charge is 0.455 e. The van der Waals surface area contributed by atoms with Gasteiger partial charge in [-0.1, -0.05) is 0 Å². The Hall–Kier alpha value is -1.00. The lowest BCUT2D eigenvalue weighted by atomic mass is 10.2. The summed E-state index contributed by atoms with van der Waals surface area (Å²) in [5.74, 6) is 1.15. The first-order valence-corrected chi connectivity index (χ1v) is 6.23. The molecule has 0 N–H and O–H groups in total. The molecule has 2 atom stereocenters. The van der Waals surface area contributed by atoms with E-state index in [1.165, 1.54) is 0 Å². The van der Waals surface area contributed by atoms with Gasteiger partial charge >= 0.3 is 0 Å². The average molecular weight is 258 g/mol.